The predicted molar refractivity (Wildman–Crippen MR) is 162 cm³/mol. The van der Waals surface area contributed by atoms with Crippen LogP contribution >= 0.6 is 0 Å². The molecular weight excluding hydrogens is 528 g/mol. The third kappa shape index (κ3) is 9.70. The van der Waals surface area contributed by atoms with E-state index in [-0.39, 0.29) is 43.3 Å². The molecule has 0 saturated heterocycles. The topological polar surface area (TPSA) is 105 Å². The molecule has 0 aromatic heterocycles. The van der Waals surface area contributed by atoms with Crippen LogP contribution in [-0.2, 0) is 32.0 Å². The molecule has 3 aromatic rings. The number of nitrogens with one attached hydrogen (secondary N) is 2. The minimum absolute atomic E-state index is 0.0200. The molecule has 1 heterocycles. The van der Waals surface area contributed by atoms with Gasteiger partial charge in [-0.05, 0) is 48.8 Å². The van der Waals surface area contributed by atoms with Crippen molar-refractivity contribution in [3.8, 4) is 0 Å². The van der Waals surface area contributed by atoms with E-state index in [0.717, 1.165) is 16.7 Å². The summed E-state index contributed by atoms with van der Waals surface area (Å²) in [5.74, 6) is -1.81. The van der Waals surface area contributed by atoms with Gasteiger partial charge >= 0.3 is 5.97 Å². The fourth-order valence-electron chi connectivity index (χ4n) is 5.20. The van der Waals surface area contributed by atoms with E-state index in [9.17, 15) is 19.5 Å². The number of hydrogen-bond donors (Lipinski definition) is 3. The summed E-state index contributed by atoms with van der Waals surface area (Å²) in [4.78, 5) is 39.8. The summed E-state index contributed by atoms with van der Waals surface area (Å²) < 4.78 is 6.04. The van der Waals surface area contributed by atoms with Crippen LogP contribution in [0.3, 0.4) is 0 Å². The monoisotopic (exact) mass is 568 g/mol. The Labute approximate surface area is 248 Å². The van der Waals surface area contributed by atoms with Crippen molar-refractivity contribution in [2.45, 2.75) is 50.7 Å². The molecule has 0 spiro atoms. The number of rotatable bonds is 9. The number of aliphatic hydroxyl groups is 1. The Morgan fingerprint density at radius 3 is 2.19 bits per heavy atom. The number of allylic oxidation sites excluding steroid dienone is 2. The van der Waals surface area contributed by atoms with Gasteiger partial charge in [-0.2, -0.15) is 0 Å². The average Bonchev–Trinajstić information content (AvgIpc) is 3.03. The highest BCUT2D eigenvalue weighted by Gasteiger charge is 2.28. The maximum absolute atomic E-state index is 13.4. The number of hydrogen-bond acceptors (Lipinski definition) is 5. The molecule has 2 amide bonds. The second-order valence-corrected chi connectivity index (χ2v) is 10.8. The van der Waals surface area contributed by atoms with Gasteiger partial charge in [0.15, 0.2) is 0 Å². The Morgan fingerprint density at radius 1 is 0.881 bits per heavy atom. The zero-order valence-corrected chi connectivity index (χ0v) is 23.9. The molecule has 0 aliphatic carbocycles. The molecule has 3 aromatic carbocycles. The van der Waals surface area contributed by atoms with E-state index < -0.39 is 18.1 Å². The fraction of sp³-hybridized carbons (Fsp3) is 0.343. The molecule has 7 nitrogen and oxygen atoms in total. The lowest BCUT2D eigenvalue weighted by molar-refractivity contribution is -0.155. The van der Waals surface area contributed by atoms with Crippen molar-refractivity contribution in [2.75, 3.05) is 13.2 Å². The number of cyclic esters (lactones) is 1. The normalized spacial score (nSPS) is 20.6. The number of carbonyl (C=O) groups excluding carboxylic acids is 3. The van der Waals surface area contributed by atoms with Crippen molar-refractivity contribution >= 4 is 17.8 Å². The summed E-state index contributed by atoms with van der Waals surface area (Å²) in [7, 11) is 0. The SMILES string of the molecule is O=C(C[C@H]1CC=CCC[C@H](Cc2ccccc2)C(=O)O[C@@H](c2ccccc2)CNC1=O)N[C@H](CO)Cc1ccccc1. The number of carbonyl (C=O) groups is 3. The Morgan fingerprint density at radius 2 is 1.52 bits per heavy atom. The van der Waals surface area contributed by atoms with Gasteiger partial charge in [0, 0.05) is 6.42 Å². The molecule has 1 aliphatic heterocycles. The fourth-order valence-corrected chi connectivity index (χ4v) is 5.20. The molecule has 220 valence electrons. The summed E-state index contributed by atoms with van der Waals surface area (Å²) in [6, 6.07) is 28.5. The predicted octanol–water partition coefficient (Wildman–Crippen LogP) is 4.71. The Hall–Kier alpha value is -4.23. The van der Waals surface area contributed by atoms with Gasteiger partial charge in [-0.1, -0.05) is 103 Å². The van der Waals surface area contributed by atoms with Gasteiger partial charge in [0.2, 0.25) is 11.8 Å². The summed E-state index contributed by atoms with van der Waals surface area (Å²) in [5, 5.41) is 15.7. The summed E-state index contributed by atoms with van der Waals surface area (Å²) >= 11 is 0. The minimum Gasteiger partial charge on any atom is -0.455 e. The first-order valence-electron chi connectivity index (χ1n) is 14.7. The molecule has 1 aliphatic rings. The minimum atomic E-state index is -0.659. The van der Waals surface area contributed by atoms with Crippen molar-refractivity contribution in [3.63, 3.8) is 0 Å². The van der Waals surface area contributed by atoms with Gasteiger partial charge < -0.3 is 20.5 Å². The van der Waals surface area contributed by atoms with Crippen LogP contribution in [0.5, 0.6) is 0 Å². The lowest BCUT2D eigenvalue weighted by Gasteiger charge is -2.24. The standard InChI is InChI=1S/C35H40N2O5/c38-25-31(22-27-15-7-2-8-16-27)37-33(39)23-29-19-11-4-12-20-30(21-26-13-5-1-6-14-26)35(41)42-32(24-36-34(29)40)28-17-9-3-10-18-28/h1-11,13-18,29-32,38H,12,19-25H2,(H,36,40)(H,37,39)/t29-,30-,31+,32-/m1/s1. The third-order valence-electron chi connectivity index (χ3n) is 7.53. The first-order valence-corrected chi connectivity index (χ1v) is 14.7. The van der Waals surface area contributed by atoms with Crippen LogP contribution in [0.15, 0.2) is 103 Å². The molecule has 7 heteroatoms. The van der Waals surface area contributed by atoms with Gasteiger partial charge in [-0.25, -0.2) is 0 Å². The first kappa shape index (κ1) is 30.7. The van der Waals surface area contributed by atoms with Crippen LogP contribution in [0.2, 0.25) is 0 Å². The van der Waals surface area contributed by atoms with Crippen LogP contribution in [0, 0.1) is 11.8 Å². The van der Waals surface area contributed by atoms with Gasteiger partial charge in [0.1, 0.15) is 6.10 Å². The summed E-state index contributed by atoms with van der Waals surface area (Å²) in [6.45, 7) is -0.104. The highest BCUT2D eigenvalue weighted by molar-refractivity contribution is 5.86. The molecule has 0 saturated carbocycles. The number of esters is 1. The van der Waals surface area contributed by atoms with Crippen molar-refractivity contribution < 1.29 is 24.2 Å². The first-order chi connectivity index (χ1) is 20.5. The van der Waals surface area contributed by atoms with Crippen LogP contribution < -0.4 is 10.6 Å². The lowest BCUT2D eigenvalue weighted by atomic mass is 9.94. The highest BCUT2D eigenvalue weighted by Crippen LogP contribution is 2.24. The number of aliphatic hydroxyl groups excluding tert-OH is 1. The van der Waals surface area contributed by atoms with Crippen molar-refractivity contribution in [3.05, 3.63) is 120 Å². The second-order valence-electron chi connectivity index (χ2n) is 10.8. The molecule has 0 bridgehead atoms. The van der Waals surface area contributed by atoms with Crippen molar-refractivity contribution in [1.82, 2.24) is 10.6 Å². The molecule has 0 radical (unpaired) electrons. The number of amides is 2. The van der Waals surface area contributed by atoms with Gasteiger partial charge in [0.25, 0.3) is 0 Å². The van der Waals surface area contributed by atoms with Crippen LogP contribution in [0.1, 0.15) is 48.5 Å². The van der Waals surface area contributed by atoms with E-state index in [1.807, 2.05) is 103 Å². The molecular formula is C35H40N2O5. The molecule has 4 atom stereocenters. The van der Waals surface area contributed by atoms with Gasteiger partial charge in [0.05, 0.1) is 31.0 Å². The zero-order valence-electron chi connectivity index (χ0n) is 23.9. The molecule has 42 heavy (non-hydrogen) atoms. The third-order valence-corrected chi connectivity index (χ3v) is 7.53. The summed E-state index contributed by atoms with van der Waals surface area (Å²) in [6.07, 6.45) is 5.92. The second kappa shape index (κ2) is 16.3. The maximum atomic E-state index is 13.4. The number of benzene rings is 3. The van der Waals surface area contributed by atoms with E-state index in [1.54, 1.807) is 0 Å². The Balaban J connectivity index is 1.47. The smallest absolute Gasteiger partial charge is 0.309 e. The largest absolute Gasteiger partial charge is 0.455 e. The average molecular weight is 569 g/mol. The zero-order chi connectivity index (χ0) is 29.6. The molecule has 3 N–H and O–H groups in total. The van der Waals surface area contributed by atoms with Crippen molar-refractivity contribution in [2.24, 2.45) is 11.8 Å². The molecule has 4 rings (SSSR count). The van der Waals surface area contributed by atoms with Gasteiger partial charge in [-0.15, -0.1) is 0 Å². The van der Waals surface area contributed by atoms with Crippen LogP contribution in [0.25, 0.3) is 0 Å². The van der Waals surface area contributed by atoms with E-state index in [2.05, 4.69) is 10.6 Å². The van der Waals surface area contributed by atoms with E-state index >= 15 is 0 Å². The Kier molecular flexibility index (Phi) is 11.9. The van der Waals surface area contributed by atoms with E-state index in [0.29, 0.717) is 32.1 Å². The van der Waals surface area contributed by atoms with Crippen LogP contribution in [0.4, 0.5) is 0 Å². The van der Waals surface area contributed by atoms with Crippen LogP contribution in [-0.4, -0.2) is 42.1 Å². The van der Waals surface area contributed by atoms with E-state index in [4.69, 9.17) is 4.74 Å². The quantitative estimate of drug-likeness (QED) is 0.256. The number of ether oxygens (including phenoxy) is 1. The molecule has 0 fully saturated rings. The lowest BCUT2D eigenvalue weighted by Crippen LogP contribution is -2.42. The Bertz CT molecular complexity index is 1300. The molecule has 0 unspecified atom stereocenters. The summed E-state index contributed by atoms with van der Waals surface area (Å²) in [5.41, 5.74) is 2.86. The van der Waals surface area contributed by atoms with Crippen molar-refractivity contribution in [1.29, 1.82) is 0 Å². The van der Waals surface area contributed by atoms with E-state index in [1.165, 1.54) is 0 Å². The van der Waals surface area contributed by atoms with Gasteiger partial charge in [-0.3, -0.25) is 14.4 Å². The maximum Gasteiger partial charge on any atom is 0.309 e. The highest BCUT2D eigenvalue weighted by atomic mass is 16.5.